The lowest BCUT2D eigenvalue weighted by molar-refractivity contribution is 0.314. The molecule has 1 N–H and O–H groups in total. The first-order chi connectivity index (χ1) is 10.2. The lowest BCUT2D eigenvalue weighted by Gasteiger charge is -2.13. The Morgan fingerprint density at radius 2 is 1.95 bits per heavy atom. The highest BCUT2D eigenvalue weighted by Crippen LogP contribution is 2.24. The molecule has 0 aliphatic heterocycles. The molecule has 3 heteroatoms. The molecule has 0 amide bonds. The van der Waals surface area contributed by atoms with Crippen LogP contribution in [0.2, 0.25) is 0 Å². The summed E-state index contributed by atoms with van der Waals surface area (Å²) in [5.74, 6) is 0.958. The summed E-state index contributed by atoms with van der Waals surface area (Å²) in [6.45, 7) is 5.79. The highest BCUT2D eigenvalue weighted by Gasteiger charge is 2.05. The van der Waals surface area contributed by atoms with E-state index in [0.29, 0.717) is 0 Å². The summed E-state index contributed by atoms with van der Waals surface area (Å²) < 4.78 is 6.89. The molecule has 112 valence electrons. The molecule has 0 heterocycles. The van der Waals surface area contributed by atoms with E-state index >= 15 is 0 Å². The number of hydrogen-bond acceptors (Lipinski definition) is 2. The average molecular weight is 348 g/mol. The van der Waals surface area contributed by atoms with Crippen molar-refractivity contribution in [1.29, 1.82) is 0 Å². The topological polar surface area (TPSA) is 21.3 Å². The predicted molar refractivity (Wildman–Crippen MR) is 93.1 cm³/mol. The number of anilines is 1. The molecule has 0 saturated heterocycles. The molecule has 0 radical (unpaired) electrons. The molecular formula is C18H22BrNO. The SMILES string of the molecule is CCCOc1ccc(Br)cc1CNc1cccc(CC)c1. The Morgan fingerprint density at radius 3 is 2.71 bits per heavy atom. The molecular weight excluding hydrogens is 326 g/mol. The van der Waals surface area contributed by atoms with Gasteiger partial charge in [-0.15, -0.1) is 0 Å². The van der Waals surface area contributed by atoms with Crippen molar-refractivity contribution in [2.45, 2.75) is 33.2 Å². The molecule has 0 saturated carbocycles. The Kier molecular flexibility index (Phi) is 6.12. The van der Waals surface area contributed by atoms with E-state index in [1.54, 1.807) is 0 Å². The number of hydrogen-bond donors (Lipinski definition) is 1. The van der Waals surface area contributed by atoms with Gasteiger partial charge in [0.15, 0.2) is 0 Å². The molecule has 0 bridgehead atoms. The quantitative estimate of drug-likeness (QED) is 0.722. The van der Waals surface area contributed by atoms with Gasteiger partial charge in [-0.05, 0) is 48.7 Å². The third-order valence-electron chi connectivity index (χ3n) is 3.30. The Bertz CT molecular complexity index is 583. The van der Waals surface area contributed by atoms with Gasteiger partial charge in [-0.2, -0.15) is 0 Å². The minimum Gasteiger partial charge on any atom is -0.493 e. The standard InChI is InChI=1S/C18H22BrNO/c1-3-10-21-18-9-8-16(19)12-15(18)13-20-17-7-5-6-14(4-2)11-17/h5-9,11-12,20H,3-4,10,13H2,1-2H3. The fourth-order valence-electron chi connectivity index (χ4n) is 2.14. The van der Waals surface area contributed by atoms with Crippen LogP contribution in [0, 0.1) is 0 Å². The number of rotatable bonds is 7. The molecule has 0 aliphatic rings. The number of halogens is 1. The summed E-state index contributed by atoms with van der Waals surface area (Å²) in [7, 11) is 0. The van der Waals surface area contributed by atoms with Crippen LogP contribution in [-0.4, -0.2) is 6.61 Å². The van der Waals surface area contributed by atoms with Gasteiger partial charge in [0.2, 0.25) is 0 Å². The molecule has 0 atom stereocenters. The zero-order valence-electron chi connectivity index (χ0n) is 12.7. The summed E-state index contributed by atoms with van der Waals surface area (Å²) >= 11 is 3.53. The highest BCUT2D eigenvalue weighted by molar-refractivity contribution is 9.10. The van der Waals surface area contributed by atoms with Crippen LogP contribution in [0.3, 0.4) is 0 Å². The second-order valence-corrected chi connectivity index (χ2v) is 5.92. The zero-order valence-corrected chi connectivity index (χ0v) is 14.2. The van der Waals surface area contributed by atoms with E-state index in [-0.39, 0.29) is 0 Å². The molecule has 0 fully saturated rings. The monoisotopic (exact) mass is 347 g/mol. The fourth-order valence-corrected chi connectivity index (χ4v) is 2.55. The smallest absolute Gasteiger partial charge is 0.124 e. The number of benzene rings is 2. The van der Waals surface area contributed by atoms with Crippen LogP contribution in [0.5, 0.6) is 5.75 Å². The van der Waals surface area contributed by atoms with E-state index in [2.05, 4.69) is 65.4 Å². The molecule has 2 rings (SSSR count). The van der Waals surface area contributed by atoms with Crippen molar-refractivity contribution in [2.75, 3.05) is 11.9 Å². The van der Waals surface area contributed by atoms with Gasteiger partial charge in [-0.3, -0.25) is 0 Å². The first kappa shape index (κ1) is 15.9. The summed E-state index contributed by atoms with van der Waals surface area (Å²) in [6, 6.07) is 14.7. The van der Waals surface area contributed by atoms with E-state index < -0.39 is 0 Å². The number of aryl methyl sites for hydroxylation is 1. The normalized spacial score (nSPS) is 10.4. The van der Waals surface area contributed by atoms with E-state index in [4.69, 9.17) is 4.74 Å². The molecule has 0 spiro atoms. The summed E-state index contributed by atoms with van der Waals surface area (Å²) in [5.41, 5.74) is 3.66. The lowest BCUT2D eigenvalue weighted by atomic mass is 10.1. The van der Waals surface area contributed by atoms with Gasteiger partial charge in [-0.25, -0.2) is 0 Å². The maximum Gasteiger partial charge on any atom is 0.124 e. The van der Waals surface area contributed by atoms with Crippen molar-refractivity contribution >= 4 is 21.6 Å². The Morgan fingerprint density at radius 1 is 1.10 bits per heavy atom. The van der Waals surface area contributed by atoms with Crippen molar-refractivity contribution in [3.05, 3.63) is 58.1 Å². The van der Waals surface area contributed by atoms with Crippen LogP contribution >= 0.6 is 15.9 Å². The minimum atomic E-state index is 0.750. The Labute approximate surface area is 135 Å². The Hall–Kier alpha value is -1.48. The van der Waals surface area contributed by atoms with Crippen LogP contribution in [0.1, 0.15) is 31.4 Å². The van der Waals surface area contributed by atoms with Crippen LogP contribution in [0.25, 0.3) is 0 Å². The number of nitrogens with one attached hydrogen (secondary N) is 1. The van der Waals surface area contributed by atoms with Gasteiger partial charge in [0.1, 0.15) is 5.75 Å². The molecule has 2 nitrogen and oxygen atoms in total. The highest BCUT2D eigenvalue weighted by atomic mass is 79.9. The van der Waals surface area contributed by atoms with Crippen molar-refractivity contribution in [3.63, 3.8) is 0 Å². The summed E-state index contributed by atoms with van der Waals surface area (Å²) in [5, 5.41) is 3.48. The maximum absolute atomic E-state index is 5.81. The van der Waals surface area contributed by atoms with Crippen molar-refractivity contribution < 1.29 is 4.74 Å². The Balaban J connectivity index is 2.09. The van der Waals surface area contributed by atoms with E-state index in [9.17, 15) is 0 Å². The van der Waals surface area contributed by atoms with Crippen molar-refractivity contribution in [2.24, 2.45) is 0 Å². The minimum absolute atomic E-state index is 0.750. The molecule has 21 heavy (non-hydrogen) atoms. The van der Waals surface area contributed by atoms with Crippen LogP contribution in [0.4, 0.5) is 5.69 Å². The summed E-state index contributed by atoms with van der Waals surface area (Å²) in [6.07, 6.45) is 2.07. The third-order valence-corrected chi connectivity index (χ3v) is 3.80. The third kappa shape index (κ3) is 4.78. The largest absolute Gasteiger partial charge is 0.493 e. The van der Waals surface area contributed by atoms with Gasteiger partial charge in [-0.1, -0.05) is 41.9 Å². The maximum atomic E-state index is 5.81. The zero-order chi connectivity index (χ0) is 15.1. The summed E-state index contributed by atoms with van der Waals surface area (Å²) in [4.78, 5) is 0. The number of ether oxygens (including phenoxy) is 1. The average Bonchev–Trinajstić information content (AvgIpc) is 2.52. The van der Waals surface area contributed by atoms with Gasteiger partial charge < -0.3 is 10.1 Å². The van der Waals surface area contributed by atoms with Crippen LogP contribution in [-0.2, 0) is 13.0 Å². The second-order valence-electron chi connectivity index (χ2n) is 5.01. The van der Waals surface area contributed by atoms with Crippen molar-refractivity contribution in [1.82, 2.24) is 0 Å². The van der Waals surface area contributed by atoms with Gasteiger partial charge in [0.25, 0.3) is 0 Å². The van der Waals surface area contributed by atoms with Gasteiger partial charge in [0.05, 0.1) is 6.61 Å². The van der Waals surface area contributed by atoms with Crippen LogP contribution in [0.15, 0.2) is 46.9 Å². The van der Waals surface area contributed by atoms with Gasteiger partial charge in [0, 0.05) is 22.3 Å². The molecule has 0 aliphatic carbocycles. The first-order valence-corrected chi connectivity index (χ1v) is 8.26. The first-order valence-electron chi connectivity index (χ1n) is 7.47. The molecule has 2 aromatic rings. The fraction of sp³-hybridized carbons (Fsp3) is 0.333. The van der Waals surface area contributed by atoms with Crippen molar-refractivity contribution in [3.8, 4) is 5.75 Å². The van der Waals surface area contributed by atoms with Gasteiger partial charge >= 0.3 is 0 Å². The molecule has 2 aromatic carbocycles. The predicted octanol–water partition coefficient (Wildman–Crippen LogP) is 5.41. The van der Waals surface area contributed by atoms with E-state index in [1.165, 1.54) is 11.1 Å². The second kappa shape index (κ2) is 8.08. The molecule has 0 unspecified atom stereocenters. The van der Waals surface area contributed by atoms with E-state index in [1.807, 2.05) is 12.1 Å². The van der Waals surface area contributed by atoms with E-state index in [0.717, 1.165) is 41.9 Å². The lowest BCUT2D eigenvalue weighted by Crippen LogP contribution is -2.04. The molecule has 0 aromatic heterocycles. The van der Waals surface area contributed by atoms with Crippen LogP contribution < -0.4 is 10.1 Å².